The molecule has 0 fully saturated rings. The van der Waals surface area contributed by atoms with Gasteiger partial charge >= 0.3 is 5.76 Å². The predicted octanol–water partition coefficient (Wildman–Crippen LogP) is 2.26. The smallest absolute Gasteiger partial charge is 0.408 e. The van der Waals surface area contributed by atoms with Crippen molar-refractivity contribution < 1.29 is 9.21 Å². The predicted molar refractivity (Wildman–Crippen MR) is 85.9 cm³/mol. The van der Waals surface area contributed by atoms with Crippen LogP contribution in [0.3, 0.4) is 0 Å². The Balaban J connectivity index is 1.65. The van der Waals surface area contributed by atoms with Crippen LogP contribution in [0.2, 0.25) is 0 Å². The Labute approximate surface area is 132 Å². The van der Waals surface area contributed by atoms with E-state index in [2.05, 4.69) is 10.3 Å². The molecular formula is C17H17N3O3. The van der Waals surface area contributed by atoms with Gasteiger partial charge in [-0.2, -0.15) is 0 Å². The molecule has 1 amide bonds. The zero-order valence-corrected chi connectivity index (χ0v) is 12.7. The van der Waals surface area contributed by atoms with E-state index < -0.39 is 5.76 Å². The minimum atomic E-state index is -0.445. The quantitative estimate of drug-likeness (QED) is 0.784. The molecule has 1 unspecified atom stereocenters. The van der Waals surface area contributed by atoms with Gasteiger partial charge in [0.05, 0.1) is 11.6 Å². The summed E-state index contributed by atoms with van der Waals surface area (Å²) in [5, 5.41) is 2.90. The van der Waals surface area contributed by atoms with E-state index in [1.165, 1.54) is 4.57 Å². The highest BCUT2D eigenvalue weighted by molar-refractivity contribution is 5.77. The summed E-state index contributed by atoms with van der Waals surface area (Å²) in [5.41, 5.74) is 2.17. The van der Waals surface area contributed by atoms with Crippen LogP contribution in [-0.4, -0.2) is 15.5 Å². The van der Waals surface area contributed by atoms with E-state index in [-0.39, 0.29) is 24.9 Å². The second-order valence-corrected chi connectivity index (χ2v) is 5.31. The summed E-state index contributed by atoms with van der Waals surface area (Å²) in [5.74, 6) is -0.571. The van der Waals surface area contributed by atoms with Crippen molar-refractivity contribution in [3.05, 3.63) is 64.9 Å². The van der Waals surface area contributed by atoms with Crippen molar-refractivity contribution in [3.63, 3.8) is 0 Å². The van der Waals surface area contributed by atoms with Crippen LogP contribution in [0.25, 0.3) is 11.1 Å². The van der Waals surface area contributed by atoms with Gasteiger partial charge in [-0.25, -0.2) is 4.79 Å². The number of fused-ring (bicyclic) bond motifs is 1. The third-order valence-electron chi connectivity index (χ3n) is 3.70. The van der Waals surface area contributed by atoms with Gasteiger partial charge in [0.1, 0.15) is 0 Å². The second-order valence-electron chi connectivity index (χ2n) is 5.31. The third-order valence-corrected chi connectivity index (χ3v) is 3.70. The van der Waals surface area contributed by atoms with E-state index in [1.54, 1.807) is 30.6 Å². The lowest BCUT2D eigenvalue weighted by molar-refractivity contribution is -0.121. The Kier molecular flexibility index (Phi) is 4.23. The fourth-order valence-electron chi connectivity index (χ4n) is 2.47. The highest BCUT2D eigenvalue weighted by Gasteiger charge is 2.12. The average Bonchev–Trinajstić information content (AvgIpc) is 2.89. The fourth-order valence-corrected chi connectivity index (χ4v) is 2.47. The maximum atomic E-state index is 12.1. The van der Waals surface area contributed by atoms with E-state index in [9.17, 15) is 9.59 Å². The molecular weight excluding hydrogens is 294 g/mol. The topological polar surface area (TPSA) is 77.1 Å². The van der Waals surface area contributed by atoms with Gasteiger partial charge < -0.3 is 9.73 Å². The molecule has 3 rings (SSSR count). The molecule has 1 atom stereocenters. The maximum Gasteiger partial charge on any atom is 0.419 e. The highest BCUT2D eigenvalue weighted by atomic mass is 16.4. The Morgan fingerprint density at radius 1 is 1.30 bits per heavy atom. The van der Waals surface area contributed by atoms with E-state index in [1.807, 2.05) is 25.1 Å². The lowest BCUT2D eigenvalue weighted by atomic mass is 10.1. The summed E-state index contributed by atoms with van der Waals surface area (Å²) in [6.45, 7) is 2.18. The molecule has 23 heavy (non-hydrogen) atoms. The number of pyridine rings is 1. The summed E-state index contributed by atoms with van der Waals surface area (Å²) in [6.07, 6.45) is 3.61. The Bertz CT molecular complexity index is 867. The molecule has 2 aromatic heterocycles. The SMILES string of the molecule is CC(NC(=O)CCn1c(=O)oc2ccccc21)c1cccnc1. The largest absolute Gasteiger partial charge is 0.419 e. The molecule has 0 aliphatic rings. The minimum Gasteiger partial charge on any atom is -0.408 e. The number of rotatable bonds is 5. The number of hydrogen-bond acceptors (Lipinski definition) is 4. The number of carbonyl (C=O) groups is 1. The molecule has 0 spiro atoms. The minimum absolute atomic E-state index is 0.126. The van der Waals surface area contributed by atoms with Gasteiger partial charge in [-0.15, -0.1) is 0 Å². The van der Waals surface area contributed by atoms with Crippen molar-refractivity contribution in [2.45, 2.75) is 25.9 Å². The van der Waals surface area contributed by atoms with Gasteiger partial charge in [0.2, 0.25) is 5.91 Å². The first kappa shape index (κ1) is 15.0. The Hall–Kier alpha value is -2.89. The van der Waals surface area contributed by atoms with Gasteiger partial charge in [0.15, 0.2) is 5.58 Å². The number of carbonyl (C=O) groups excluding carboxylic acids is 1. The first-order valence-corrected chi connectivity index (χ1v) is 7.43. The van der Waals surface area contributed by atoms with Crippen LogP contribution in [0.4, 0.5) is 0 Å². The highest BCUT2D eigenvalue weighted by Crippen LogP contribution is 2.13. The molecule has 1 aromatic carbocycles. The Morgan fingerprint density at radius 2 is 2.13 bits per heavy atom. The molecule has 0 radical (unpaired) electrons. The zero-order chi connectivity index (χ0) is 16.2. The first-order chi connectivity index (χ1) is 11.1. The van der Waals surface area contributed by atoms with Gasteiger partial charge in [-0.1, -0.05) is 18.2 Å². The molecule has 0 saturated carbocycles. The van der Waals surface area contributed by atoms with Crippen molar-refractivity contribution in [2.75, 3.05) is 0 Å². The third kappa shape index (κ3) is 3.31. The fraction of sp³-hybridized carbons (Fsp3) is 0.235. The lowest BCUT2D eigenvalue weighted by Crippen LogP contribution is -2.28. The summed E-state index contributed by atoms with van der Waals surface area (Å²) in [7, 11) is 0. The molecule has 0 bridgehead atoms. The van der Waals surface area contributed by atoms with Crippen LogP contribution in [-0.2, 0) is 11.3 Å². The molecule has 0 saturated heterocycles. The van der Waals surface area contributed by atoms with Crippen molar-refractivity contribution in [1.82, 2.24) is 14.9 Å². The van der Waals surface area contributed by atoms with Crippen LogP contribution in [0.15, 0.2) is 58.0 Å². The van der Waals surface area contributed by atoms with Crippen LogP contribution >= 0.6 is 0 Å². The standard InChI is InChI=1S/C17H17N3O3/c1-12(13-5-4-9-18-11-13)19-16(21)8-10-20-14-6-2-3-7-15(14)23-17(20)22/h2-7,9,11-12H,8,10H2,1H3,(H,19,21). The van der Waals surface area contributed by atoms with E-state index in [0.717, 1.165) is 5.56 Å². The molecule has 0 aliphatic carbocycles. The lowest BCUT2D eigenvalue weighted by Gasteiger charge is -2.13. The monoisotopic (exact) mass is 311 g/mol. The Morgan fingerprint density at radius 3 is 2.91 bits per heavy atom. The molecule has 3 aromatic rings. The van der Waals surface area contributed by atoms with Crippen LogP contribution in [0.5, 0.6) is 0 Å². The number of benzene rings is 1. The number of aryl methyl sites for hydroxylation is 1. The van der Waals surface area contributed by atoms with Crippen molar-refractivity contribution in [2.24, 2.45) is 0 Å². The average molecular weight is 311 g/mol. The second kappa shape index (κ2) is 6.48. The van der Waals surface area contributed by atoms with Crippen LogP contribution in [0.1, 0.15) is 24.9 Å². The van der Waals surface area contributed by atoms with Gasteiger partial charge in [0, 0.05) is 25.4 Å². The van der Waals surface area contributed by atoms with Gasteiger partial charge in [0.25, 0.3) is 0 Å². The summed E-state index contributed by atoms with van der Waals surface area (Å²) in [6, 6.07) is 10.8. The summed E-state index contributed by atoms with van der Waals surface area (Å²) in [4.78, 5) is 28.0. The van der Waals surface area contributed by atoms with Gasteiger partial charge in [-0.05, 0) is 30.7 Å². The zero-order valence-electron chi connectivity index (χ0n) is 12.7. The summed E-state index contributed by atoms with van der Waals surface area (Å²) >= 11 is 0. The molecule has 6 nitrogen and oxygen atoms in total. The number of amides is 1. The number of hydrogen-bond donors (Lipinski definition) is 1. The maximum absolute atomic E-state index is 12.1. The molecule has 2 heterocycles. The normalized spacial score (nSPS) is 12.2. The van der Waals surface area contributed by atoms with Crippen molar-refractivity contribution in [3.8, 4) is 0 Å². The molecule has 0 aliphatic heterocycles. The molecule has 1 N–H and O–H groups in total. The van der Waals surface area contributed by atoms with E-state index in [0.29, 0.717) is 11.1 Å². The van der Waals surface area contributed by atoms with Crippen molar-refractivity contribution in [1.29, 1.82) is 0 Å². The first-order valence-electron chi connectivity index (χ1n) is 7.43. The van der Waals surface area contributed by atoms with Crippen LogP contribution in [0, 0.1) is 0 Å². The molecule has 118 valence electrons. The summed E-state index contributed by atoms with van der Waals surface area (Å²) < 4.78 is 6.63. The number of nitrogens with zero attached hydrogens (tertiary/aromatic N) is 2. The number of aromatic nitrogens is 2. The number of para-hydroxylation sites is 2. The molecule has 6 heteroatoms. The van der Waals surface area contributed by atoms with E-state index >= 15 is 0 Å². The van der Waals surface area contributed by atoms with Gasteiger partial charge in [-0.3, -0.25) is 14.3 Å². The number of oxazole rings is 1. The van der Waals surface area contributed by atoms with Crippen molar-refractivity contribution >= 4 is 17.0 Å². The van der Waals surface area contributed by atoms with Crippen LogP contribution < -0.4 is 11.1 Å². The number of nitrogens with one attached hydrogen (secondary N) is 1. The van der Waals surface area contributed by atoms with E-state index in [4.69, 9.17) is 4.42 Å².